The van der Waals surface area contributed by atoms with Crippen molar-refractivity contribution in [2.45, 2.75) is 23.8 Å². The molecule has 2 aliphatic heterocycles. The van der Waals surface area contributed by atoms with Gasteiger partial charge in [0, 0.05) is 17.0 Å². The molecule has 1 amide bonds. The summed E-state index contributed by atoms with van der Waals surface area (Å²) in [4.78, 5) is 15.7. The fraction of sp³-hybridized carbons (Fsp3) is 0.381. The number of para-hydroxylation sites is 1. The second kappa shape index (κ2) is 8.67. The van der Waals surface area contributed by atoms with Gasteiger partial charge in [0.15, 0.2) is 21.3 Å². The van der Waals surface area contributed by atoms with Gasteiger partial charge in [0.05, 0.1) is 36.5 Å². The Balaban J connectivity index is 1.49. The molecule has 29 heavy (non-hydrogen) atoms. The second-order valence-corrected chi connectivity index (χ2v) is 10.4. The minimum Gasteiger partial charge on any atom is -0.490 e. The van der Waals surface area contributed by atoms with Crippen LogP contribution >= 0.6 is 11.8 Å². The number of hydrogen-bond donors (Lipinski definition) is 0. The smallest absolute Gasteiger partial charge is 0.237 e. The van der Waals surface area contributed by atoms with E-state index in [1.165, 1.54) is 11.8 Å². The van der Waals surface area contributed by atoms with Crippen molar-refractivity contribution in [3.63, 3.8) is 0 Å². The van der Waals surface area contributed by atoms with Crippen molar-refractivity contribution in [3.05, 3.63) is 48.5 Å². The van der Waals surface area contributed by atoms with Gasteiger partial charge in [-0.25, -0.2) is 8.42 Å². The van der Waals surface area contributed by atoms with Gasteiger partial charge in [-0.05, 0) is 36.8 Å². The van der Waals surface area contributed by atoms with Crippen LogP contribution in [0.4, 0.5) is 5.69 Å². The number of rotatable bonds is 5. The lowest BCUT2D eigenvalue weighted by Gasteiger charge is -2.28. The van der Waals surface area contributed by atoms with Crippen LogP contribution in [0.2, 0.25) is 0 Å². The van der Waals surface area contributed by atoms with E-state index in [4.69, 9.17) is 9.47 Å². The van der Waals surface area contributed by atoms with Gasteiger partial charge >= 0.3 is 0 Å². The number of carbonyl (C=O) groups excluding carboxylic acids is 1. The highest BCUT2D eigenvalue weighted by atomic mass is 32.2. The Bertz CT molecular complexity index is 978. The quantitative estimate of drug-likeness (QED) is 0.675. The molecule has 154 valence electrons. The number of nitrogens with zero attached hydrogens (tertiary/aromatic N) is 1. The number of ether oxygens (including phenoxy) is 2. The molecule has 0 bridgehead atoms. The summed E-state index contributed by atoms with van der Waals surface area (Å²) in [6.07, 6.45) is 1.31. The minimum absolute atomic E-state index is 0.0162. The number of carbonyl (C=O) groups is 1. The molecule has 0 aromatic heterocycles. The second-order valence-electron chi connectivity index (χ2n) is 7.10. The van der Waals surface area contributed by atoms with Crippen LogP contribution in [0.15, 0.2) is 53.4 Å². The fourth-order valence-electron chi connectivity index (χ4n) is 3.57. The molecule has 8 heteroatoms. The first-order valence-corrected chi connectivity index (χ1v) is 12.4. The lowest BCUT2D eigenvalue weighted by molar-refractivity contribution is -0.116. The molecule has 0 unspecified atom stereocenters. The third-order valence-electron chi connectivity index (χ3n) is 4.96. The van der Waals surface area contributed by atoms with Crippen molar-refractivity contribution in [2.75, 3.05) is 35.4 Å². The van der Waals surface area contributed by atoms with Crippen LogP contribution < -0.4 is 14.4 Å². The summed E-state index contributed by atoms with van der Waals surface area (Å²) < 4.78 is 35.3. The third-order valence-corrected chi connectivity index (χ3v) is 7.69. The molecule has 0 N–H and O–H groups in total. The highest BCUT2D eigenvalue weighted by Gasteiger charge is 2.35. The Morgan fingerprint density at radius 1 is 1.07 bits per heavy atom. The van der Waals surface area contributed by atoms with Crippen LogP contribution in [0.5, 0.6) is 11.5 Å². The zero-order valence-corrected chi connectivity index (χ0v) is 17.6. The van der Waals surface area contributed by atoms with Crippen molar-refractivity contribution < 1.29 is 22.7 Å². The topological polar surface area (TPSA) is 72.9 Å². The van der Waals surface area contributed by atoms with Crippen molar-refractivity contribution >= 4 is 33.2 Å². The minimum atomic E-state index is -3.09. The number of benzene rings is 2. The molecule has 1 fully saturated rings. The fourth-order valence-corrected chi connectivity index (χ4v) is 6.06. The van der Waals surface area contributed by atoms with Crippen molar-refractivity contribution in [2.24, 2.45) is 0 Å². The van der Waals surface area contributed by atoms with E-state index in [2.05, 4.69) is 0 Å². The number of fused-ring (bicyclic) bond motifs is 1. The molecular weight excluding hydrogens is 410 g/mol. The molecule has 0 spiro atoms. The Labute approximate surface area is 175 Å². The van der Waals surface area contributed by atoms with Gasteiger partial charge < -0.3 is 14.4 Å². The average molecular weight is 434 g/mol. The normalized spacial score (nSPS) is 20.1. The molecule has 0 aliphatic carbocycles. The SMILES string of the molecule is O=C(CSc1ccc2c(c1)OCCCO2)N(c1ccccc1)[C@H]1CCS(=O)(=O)C1. The molecule has 1 saturated heterocycles. The predicted octanol–water partition coefficient (Wildman–Crippen LogP) is 3.16. The van der Waals surface area contributed by atoms with Crippen LogP contribution in [0.25, 0.3) is 0 Å². The molecule has 6 nitrogen and oxygen atoms in total. The van der Waals surface area contributed by atoms with E-state index in [9.17, 15) is 13.2 Å². The molecule has 2 heterocycles. The summed E-state index contributed by atoms with van der Waals surface area (Å²) in [5, 5.41) is 0. The highest BCUT2D eigenvalue weighted by molar-refractivity contribution is 8.00. The molecular formula is C21H23NO5S2. The standard InChI is InChI=1S/C21H23NO5S2/c23-21(14-28-18-7-8-19-20(13-18)27-11-4-10-26-19)22(16-5-2-1-3-6-16)17-9-12-29(24,25)15-17/h1-3,5-8,13,17H,4,9-12,14-15H2/t17-/m0/s1. The summed E-state index contributed by atoms with van der Waals surface area (Å²) in [6, 6.07) is 14.6. The maximum atomic E-state index is 13.1. The number of anilines is 1. The third kappa shape index (κ3) is 4.87. The number of thioether (sulfide) groups is 1. The van der Waals surface area contributed by atoms with Crippen molar-refractivity contribution in [3.8, 4) is 11.5 Å². The van der Waals surface area contributed by atoms with Gasteiger partial charge in [-0.2, -0.15) is 0 Å². The Hall–Kier alpha value is -2.19. The molecule has 2 aromatic carbocycles. The lowest BCUT2D eigenvalue weighted by atomic mass is 10.2. The molecule has 2 aliphatic rings. The summed E-state index contributed by atoms with van der Waals surface area (Å²) in [5.41, 5.74) is 0.735. The highest BCUT2D eigenvalue weighted by Crippen LogP contribution is 2.34. The Morgan fingerprint density at radius 3 is 2.55 bits per heavy atom. The predicted molar refractivity (Wildman–Crippen MR) is 114 cm³/mol. The molecule has 0 radical (unpaired) electrons. The van der Waals surface area contributed by atoms with Gasteiger partial charge in [0.2, 0.25) is 5.91 Å². The Kier molecular flexibility index (Phi) is 6.01. The van der Waals surface area contributed by atoms with Crippen LogP contribution in [-0.4, -0.2) is 50.8 Å². The van der Waals surface area contributed by atoms with Crippen LogP contribution in [0.3, 0.4) is 0 Å². The van der Waals surface area contributed by atoms with Gasteiger partial charge in [0.1, 0.15) is 0 Å². The summed E-state index contributed by atoms with van der Waals surface area (Å²) in [7, 11) is -3.09. The first kappa shape index (κ1) is 20.1. The summed E-state index contributed by atoms with van der Waals surface area (Å²) >= 11 is 1.41. The number of hydrogen-bond acceptors (Lipinski definition) is 6. The summed E-state index contributed by atoms with van der Waals surface area (Å²) in [5.74, 6) is 1.68. The van der Waals surface area contributed by atoms with Gasteiger partial charge in [-0.1, -0.05) is 18.2 Å². The van der Waals surface area contributed by atoms with E-state index in [-0.39, 0.29) is 29.2 Å². The Morgan fingerprint density at radius 2 is 1.83 bits per heavy atom. The van der Waals surface area contributed by atoms with Crippen molar-refractivity contribution in [1.82, 2.24) is 0 Å². The maximum Gasteiger partial charge on any atom is 0.237 e. The van der Waals surface area contributed by atoms with E-state index in [0.717, 1.165) is 22.8 Å². The van der Waals surface area contributed by atoms with Crippen LogP contribution in [0.1, 0.15) is 12.8 Å². The molecule has 4 rings (SSSR count). The van der Waals surface area contributed by atoms with E-state index in [0.29, 0.717) is 25.4 Å². The lowest BCUT2D eigenvalue weighted by Crippen LogP contribution is -2.42. The first-order valence-electron chi connectivity index (χ1n) is 9.62. The number of amides is 1. The maximum absolute atomic E-state index is 13.1. The van der Waals surface area contributed by atoms with Crippen molar-refractivity contribution in [1.29, 1.82) is 0 Å². The van der Waals surface area contributed by atoms with E-state index >= 15 is 0 Å². The van der Waals surface area contributed by atoms with E-state index in [1.807, 2.05) is 48.5 Å². The van der Waals surface area contributed by atoms with E-state index in [1.54, 1.807) is 4.90 Å². The van der Waals surface area contributed by atoms with Gasteiger partial charge in [0.25, 0.3) is 0 Å². The van der Waals surface area contributed by atoms with Crippen LogP contribution in [0, 0.1) is 0 Å². The van der Waals surface area contributed by atoms with E-state index < -0.39 is 9.84 Å². The summed E-state index contributed by atoms with van der Waals surface area (Å²) in [6.45, 7) is 1.24. The largest absolute Gasteiger partial charge is 0.490 e. The van der Waals surface area contributed by atoms with Crippen LogP contribution in [-0.2, 0) is 14.6 Å². The molecule has 2 aromatic rings. The molecule has 1 atom stereocenters. The number of sulfone groups is 1. The first-order chi connectivity index (χ1) is 14.0. The van der Waals surface area contributed by atoms with Gasteiger partial charge in [-0.15, -0.1) is 11.8 Å². The zero-order chi connectivity index (χ0) is 20.3. The monoisotopic (exact) mass is 433 g/mol. The zero-order valence-electron chi connectivity index (χ0n) is 16.0. The van der Waals surface area contributed by atoms with Gasteiger partial charge in [-0.3, -0.25) is 4.79 Å². The molecule has 0 saturated carbocycles. The average Bonchev–Trinajstić information content (AvgIpc) is 2.92.